The first-order valence-electron chi connectivity index (χ1n) is 10.9. The minimum atomic E-state index is -0.689. The summed E-state index contributed by atoms with van der Waals surface area (Å²) in [6.45, 7) is 13.2. The zero-order valence-electron chi connectivity index (χ0n) is 20.1. The minimum Gasteiger partial charge on any atom is -0.302 e. The molecule has 3 aliphatic heterocycles. The molecule has 1 saturated heterocycles. The van der Waals surface area contributed by atoms with Gasteiger partial charge in [0.25, 0.3) is 5.91 Å². The lowest BCUT2D eigenvalue weighted by Crippen LogP contribution is -2.65. The third kappa shape index (κ3) is 3.04. The molecule has 3 amide bonds. The number of aryl methyl sites for hydroxylation is 1. The summed E-state index contributed by atoms with van der Waals surface area (Å²) in [4.78, 5) is 50.6. The van der Waals surface area contributed by atoms with Crippen LogP contribution in [0.3, 0.4) is 0 Å². The number of nitrogens with zero attached hydrogens (tertiary/aromatic N) is 5. The second-order valence-electron chi connectivity index (χ2n) is 9.87. The van der Waals surface area contributed by atoms with Crippen molar-refractivity contribution in [3.05, 3.63) is 40.7 Å². The van der Waals surface area contributed by atoms with Crippen LogP contribution in [0.2, 0.25) is 0 Å². The van der Waals surface area contributed by atoms with Gasteiger partial charge in [-0.1, -0.05) is 32.9 Å². The van der Waals surface area contributed by atoms with E-state index in [-0.39, 0.29) is 18.2 Å². The lowest BCUT2D eigenvalue weighted by atomic mass is 9.90. The molecule has 3 aliphatic rings. The molecule has 0 aromatic heterocycles. The zero-order chi connectivity index (χ0) is 23.7. The number of Topliss-reactive ketones (excluding diaryl/α,β-unsaturated/α-hetero) is 1. The van der Waals surface area contributed by atoms with Gasteiger partial charge in [-0.2, -0.15) is 0 Å². The number of benzene rings is 1. The molecular formula is C24H31N5O3. The Balaban J connectivity index is 1.75. The molecule has 8 heteroatoms. The number of anilines is 1. The highest BCUT2D eigenvalue weighted by atomic mass is 16.2. The van der Waals surface area contributed by atoms with E-state index in [0.717, 1.165) is 33.1 Å². The minimum absolute atomic E-state index is 0.160. The molecular weight excluding hydrogens is 406 g/mol. The van der Waals surface area contributed by atoms with Crippen LogP contribution in [-0.4, -0.2) is 64.2 Å². The van der Waals surface area contributed by atoms with Crippen LogP contribution in [0.4, 0.5) is 10.5 Å². The molecule has 1 aromatic carbocycles. The maximum atomic E-state index is 13.6. The standard InChI is InChI=1S/C24H31N5O3/c1-13-10-9-11-17(14(13)2)28-15(3)16(4)29-19-20(25-22(28)29)26(8)23(32)27(21(19)31)12-18(30)24(5,6)7/h9-11,19-20H,12H2,1-8H3. The average molecular weight is 438 g/mol. The van der Waals surface area contributed by atoms with Gasteiger partial charge in [-0.25, -0.2) is 9.79 Å². The van der Waals surface area contributed by atoms with Gasteiger partial charge < -0.3 is 4.90 Å². The summed E-state index contributed by atoms with van der Waals surface area (Å²) >= 11 is 0. The van der Waals surface area contributed by atoms with E-state index in [9.17, 15) is 14.4 Å². The van der Waals surface area contributed by atoms with Crippen LogP contribution >= 0.6 is 0 Å². The van der Waals surface area contributed by atoms with Crippen molar-refractivity contribution in [3.8, 4) is 0 Å². The fourth-order valence-electron chi connectivity index (χ4n) is 4.41. The predicted octanol–water partition coefficient (Wildman–Crippen LogP) is 3.25. The van der Waals surface area contributed by atoms with Gasteiger partial charge in [0.2, 0.25) is 5.96 Å². The smallest absolute Gasteiger partial charge is 0.302 e. The molecule has 3 heterocycles. The number of fused-ring (bicyclic) bond motifs is 3. The van der Waals surface area contributed by atoms with Gasteiger partial charge >= 0.3 is 6.03 Å². The average Bonchev–Trinajstić information content (AvgIpc) is 3.21. The zero-order valence-corrected chi connectivity index (χ0v) is 20.1. The molecule has 0 spiro atoms. The number of amides is 3. The van der Waals surface area contributed by atoms with Gasteiger partial charge in [0, 0.05) is 23.9 Å². The van der Waals surface area contributed by atoms with E-state index in [4.69, 9.17) is 4.99 Å². The maximum absolute atomic E-state index is 13.6. The number of hydrogen-bond donors (Lipinski definition) is 0. The van der Waals surface area contributed by atoms with Crippen molar-refractivity contribution in [1.29, 1.82) is 0 Å². The molecule has 0 aliphatic carbocycles. The topological polar surface area (TPSA) is 76.5 Å². The number of ketones is 1. The number of urea groups is 1. The number of carbonyl (C=O) groups excluding carboxylic acids is 3. The molecule has 4 rings (SSSR count). The molecule has 2 atom stereocenters. The molecule has 0 saturated carbocycles. The lowest BCUT2D eigenvalue weighted by molar-refractivity contribution is -0.141. The number of carbonyl (C=O) groups is 3. The normalized spacial score (nSPS) is 23.2. The van der Waals surface area contributed by atoms with Gasteiger partial charge in [0.05, 0.1) is 12.2 Å². The number of likely N-dealkylation sites (N-methyl/N-ethyl adjacent to an activating group) is 1. The summed E-state index contributed by atoms with van der Waals surface area (Å²) < 4.78 is 0. The molecule has 0 radical (unpaired) electrons. The summed E-state index contributed by atoms with van der Waals surface area (Å²) in [5.74, 6) is 0.0946. The molecule has 2 unspecified atom stereocenters. The molecule has 32 heavy (non-hydrogen) atoms. The Kier molecular flexibility index (Phi) is 4.95. The van der Waals surface area contributed by atoms with E-state index >= 15 is 0 Å². The quantitative estimate of drug-likeness (QED) is 0.726. The first-order chi connectivity index (χ1) is 14.9. The Morgan fingerprint density at radius 2 is 1.72 bits per heavy atom. The lowest BCUT2D eigenvalue weighted by Gasteiger charge is -2.41. The Labute approximate surface area is 189 Å². The summed E-state index contributed by atoms with van der Waals surface area (Å²) in [5, 5.41) is 0. The Morgan fingerprint density at radius 1 is 1.06 bits per heavy atom. The predicted molar refractivity (Wildman–Crippen MR) is 123 cm³/mol. The maximum Gasteiger partial charge on any atom is 0.328 e. The highest BCUT2D eigenvalue weighted by molar-refractivity contribution is 6.11. The van der Waals surface area contributed by atoms with E-state index in [0.29, 0.717) is 5.96 Å². The summed E-state index contributed by atoms with van der Waals surface area (Å²) in [6.07, 6.45) is -0.637. The van der Waals surface area contributed by atoms with Crippen LogP contribution in [-0.2, 0) is 9.59 Å². The van der Waals surface area contributed by atoms with Crippen molar-refractivity contribution in [2.75, 3.05) is 18.5 Å². The van der Waals surface area contributed by atoms with Gasteiger partial charge in [-0.05, 0) is 44.9 Å². The number of imide groups is 1. The second-order valence-corrected chi connectivity index (χ2v) is 9.87. The van der Waals surface area contributed by atoms with Crippen molar-refractivity contribution in [3.63, 3.8) is 0 Å². The van der Waals surface area contributed by atoms with E-state index in [1.165, 1.54) is 4.90 Å². The van der Waals surface area contributed by atoms with E-state index in [1.54, 1.807) is 27.8 Å². The second kappa shape index (κ2) is 7.18. The fourth-order valence-corrected chi connectivity index (χ4v) is 4.41. The molecule has 0 bridgehead atoms. The SMILES string of the molecule is CC1=C(C)N2C(=NC3C2C(=O)N(CC(=O)C(C)(C)C)C(=O)N3C)N1c1cccc(C)c1C. The summed E-state index contributed by atoms with van der Waals surface area (Å²) in [7, 11) is 1.64. The van der Waals surface area contributed by atoms with Gasteiger partial charge in [-0.15, -0.1) is 0 Å². The van der Waals surface area contributed by atoms with Gasteiger partial charge in [0.1, 0.15) is 0 Å². The van der Waals surface area contributed by atoms with Crippen LogP contribution in [0.5, 0.6) is 0 Å². The van der Waals surface area contributed by atoms with Crippen molar-refractivity contribution in [1.82, 2.24) is 14.7 Å². The monoisotopic (exact) mass is 437 g/mol. The number of allylic oxidation sites excluding steroid dienone is 2. The van der Waals surface area contributed by atoms with Crippen LogP contribution in [0.1, 0.15) is 45.7 Å². The molecule has 1 fully saturated rings. The van der Waals surface area contributed by atoms with Crippen LogP contribution in [0.15, 0.2) is 34.6 Å². The van der Waals surface area contributed by atoms with Gasteiger partial charge in [-0.3, -0.25) is 24.3 Å². The van der Waals surface area contributed by atoms with Crippen molar-refractivity contribution in [2.45, 2.75) is 60.7 Å². The summed E-state index contributed by atoms with van der Waals surface area (Å²) in [5.41, 5.74) is 4.55. The van der Waals surface area contributed by atoms with E-state index < -0.39 is 23.7 Å². The fraction of sp³-hybridized carbons (Fsp3) is 0.500. The van der Waals surface area contributed by atoms with Crippen molar-refractivity contribution < 1.29 is 14.4 Å². The Hall–Kier alpha value is -3.16. The molecule has 0 N–H and O–H groups in total. The van der Waals surface area contributed by atoms with Crippen molar-refractivity contribution >= 4 is 29.4 Å². The largest absolute Gasteiger partial charge is 0.328 e. The third-order valence-corrected chi connectivity index (χ3v) is 6.85. The van der Waals surface area contributed by atoms with Crippen LogP contribution in [0, 0.1) is 19.3 Å². The highest BCUT2D eigenvalue weighted by Crippen LogP contribution is 2.41. The number of guanidine groups is 1. The first kappa shape index (κ1) is 22.0. The van der Waals surface area contributed by atoms with E-state index in [1.807, 2.05) is 30.9 Å². The first-order valence-corrected chi connectivity index (χ1v) is 10.9. The summed E-state index contributed by atoms with van der Waals surface area (Å²) in [6, 6.07) is 4.93. The Morgan fingerprint density at radius 3 is 2.34 bits per heavy atom. The van der Waals surface area contributed by atoms with E-state index in [2.05, 4.69) is 24.8 Å². The Bertz CT molecular complexity index is 1100. The van der Waals surface area contributed by atoms with Crippen LogP contribution in [0.25, 0.3) is 0 Å². The highest BCUT2D eigenvalue weighted by Gasteiger charge is 2.56. The number of aliphatic imine (C=N–C) groups is 1. The van der Waals surface area contributed by atoms with Crippen molar-refractivity contribution in [2.24, 2.45) is 10.4 Å². The number of hydrogen-bond acceptors (Lipinski definition) is 6. The van der Waals surface area contributed by atoms with Gasteiger partial charge in [0.15, 0.2) is 18.0 Å². The van der Waals surface area contributed by atoms with Crippen LogP contribution < -0.4 is 4.90 Å². The molecule has 8 nitrogen and oxygen atoms in total. The number of rotatable bonds is 3. The third-order valence-electron chi connectivity index (χ3n) is 6.85. The molecule has 1 aromatic rings. The molecule has 170 valence electrons.